The van der Waals surface area contributed by atoms with Gasteiger partial charge in [0, 0.05) is 67.4 Å². The highest BCUT2D eigenvalue weighted by atomic mass is 16.1. The number of allylic oxidation sites excluding steroid dienone is 1. The van der Waals surface area contributed by atoms with Crippen molar-refractivity contribution < 1.29 is 4.79 Å². The van der Waals surface area contributed by atoms with Gasteiger partial charge in [0.25, 0.3) is 0 Å². The Morgan fingerprint density at radius 2 is 2.05 bits per heavy atom. The van der Waals surface area contributed by atoms with Gasteiger partial charge in [-0.05, 0) is 69.3 Å². The van der Waals surface area contributed by atoms with Crippen LogP contribution >= 0.6 is 0 Å². The number of nitrogens with zero attached hydrogens (tertiary/aromatic N) is 6. The van der Waals surface area contributed by atoms with Gasteiger partial charge in [-0.3, -0.25) is 4.79 Å². The molecular formula is C33H36N8O. The number of aryl methyl sites for hydroxylation is 3. The van der Waals surface area contributed by atoms with Crippen molar-refractivity contribution in [1.82, 2.24) is 19.4 Å². The normalized spacial score (nSPS) is 12.5. The van der Waals surface area contributed by atoms with Gasteiger partial charge in [0.2, 0.25) is 11.9 Å². The lowest BCUT2D eigenvalue weighted by Gasteiger charge is -2.25. The SMILES string of the molecule is C=CC(=O)Nc1cc(Nc2ncc(/C=C/C#N)c(-c3cn4c5c(cccc35)CCC4)n2)c(C)cc1N(C)CCN(C)C. The molecule has 1 aliphatic rings. The molecule has 42 heavy (non-hydrogen) atoms. The standard InChI is InChI=1S/C33H36N8O/c1-6-30(42)36-28-19-27(22(2)18-29(28)40(5)17-16-39(3)4)37-33-35-20-24(11-8-14-34)31(38-33)26-21-41-15-9-12-23-10-7-13-25(26)32(23)41/h6-8,10-11,13,18-21H,1,9,12,15-17H2,2-5H3,(H,36,42)(H,35,37,38)/b11-8+. The second-order valence-electron chi connectivity index (χ2n) is 10.8. The summed E-state index contributed by atoms with van der Waals surface area (Å²) in [6.07, 6.45) is 10.5. The van der Waals surface area contributed by atoms with Gasteiger partial charge < -0.3 is 25.0 Å². The van der Waals surface area contributed by atoms with E-state index >= 15 is 0 Å². The van der Waals surface area contributed by atoms with Crippen LogP contribution in [-0.4, -0.2) is 59.6 Å². The van der Waals surface area contributed by atoms with Gasteiger partial charge >= 0.3 is 0 Å². The van der Waals surface area contributed by atoms with Gasteiger partial charge in [0.05, 0.1) is 28.7 Å². The Labute approximate surface area is 246 Å². The maximum Gasteiger partial charge on any atom is 0.247 e. The van der Waals surface area contributed by atoms with E-state index in [0.29, 0.717) is 11.6 Å². The average molecular weight is 561 g/mol. The molecule has 0 aliphatic carbocycles. The summed E-state index contributed by atoms with van der Waals surface area (Å²) in [6.45, 7) is 8.24. The van der Waals surface area contributed by atoms with Gasteiger partial charge in [0.1, 0.15) is 0 Å². The van der Waals surface area contributed by atoms with E-state index in [-0.39, 0.29) is 5.91 Å². The first-order valence-corrected chi connectivity index (χ1v) is 14.0. The van der Waals surface area contributed by atoms with Gasteiger partial charge in [0.15, 0.2) is 0 Å². The minimum atomic E-state index is -0.285. The molecule has 1 aliphatic heterocycles. The number of aromatic nitrogens is 3. The zero-order chi connectivity index (χ0) is 29.8. The van der Waals surface area contributed by atoms with Crippen molar-refractivity contribution in [3.63, 3.8) is 0 Å². The van der Waals surface area contributed by atoms with Crippen LogP contribution in [0.3, 0.4) is 0 Å². The van der Waals surface area contributed by atoms with Crippen LogP contribution in [0.15, 0.2) is 61.5 Å². The molecule has 3 heterocycles. The second-order valence-corrected chi connectivity index (χ2v) is 10.8. The summed E-state index contributed by atoms with van der Waals surface area (Å²) >= 11 is 0. The lowest BCUT2D eigenvalue weighted by Crippen LogP contribution is -2.29. The molecule has 2 N–H and O–H groups in total. The van der Waals surface area contributed by atoms with E-state index in [2.05, 4.69) is 67.0 Å². The molecule has 9 nitrogen and oxygen atoms in total. The largest absolute Gasteiger partial charge is 0.372 e. The molecule has 2 aromatic heterocycles. The second kappa shape index (κ2) is 12.3. The summed E-state index contributed by atoms with van der Waals surface area (Å²) in [5.41, 5.74) is 8.42. The molecule has 0 spiro atoms. The number of carbonyl (C=O) groups is 1. The number of hydrogen-bond donors (Lipinski definition) is 2. The summed E-state index contributed by atoms with van der Waals surface area (Å²) < 4.78 is 2.31. The number of nitrogens with one attached hydrogen (secondary N) is 2. The fourth-order valence-corrected chi connectivity index (χ4v) is 5.38. The first-order valence-electron chi connectivity index (χ1n) is 14.0. The lowest BCUT2D eigenvalue weighted by molar-refractivity contribution is -0.111. The predicted octanol–water partition coefficient (Wildman–Crippen LogP) is 5.76. The van der Waals surface area contributed by atoms with Crippen molar-refractivity contribution in [2.45, 2.75) is 26.3 Å². The molecule has 1 amide bonds. The van der Waals surface area contributed by atoms with Crippen LogP contribution in [0.1, 0.15) is 23.1 Å². The van der Waals surface area contributed by atoms with E-state index < -0.39 is 0 Å². The number of likely N-dealkylation sites (N-methyl/N-ethyl adjacent to an activating group) is 2. The summed E-state index contributed by atoms with van der Waals surface area (Å²) in [7, 11) is 6.08. The molecule has 0 unspecified atom stereocenters. The molecular weight excluding hydrogens is 524 g/mol. The van der Waals surface area contributed by atoms with Crippen molar-refractivity contribution in [2.24, 2.45) is 0 Å². The lowest BCUT2D eigenvalue weighted by atomic mass is 10.0. The third-order valence-corrected chi connectivity index (χ3v) is 7.56. The molecule has 0 fully saturated rings. The maximum atomic E-state index is 12.3. The zero-order valence-corrected chi connectivity index (χ0v) is 24.6. The Balaban J connectivity index is 1.56. The number of para-hydroxylation sites is 1. The van der Waals surface area contributed by atoms with E-state index in [9.17, 15) is 10.1 Å². The monoisotopic (exact) mass is 560 g/mol. The first kappa shape index (κ1) is 28.6. The Kier molecular flexibility index (Phi) is 8.36. The van der Waals surface area contributed by atoms with Crippen LogP contribution in [0.4, 0.5) is 23.0 Å². The Bertz CT molecular complexity index is 1730. The average Bonchev–Trinajstić information content (AvgIpc) is 3.36. The third-order valence-electron chi connectivity index (χ3n) is 7.56. The van der Waals surface area contributed by atoms with Gasteiger partial charge in [-0.15, -0.1) is 0 Å². The van der Waals surface area contributed by atoms with Crippen molar-refractivity contribution in [3.05, 3.63) is 78.1 Å². The number of benzene rings is 2. The Morgan fingerprint density at radius 1 is 1.21 bits per heavy atom. The van der Waals surface area contributed by atoms with Crippen molar-refractivity contribution in [2.75, 3.05) is 49.8 Å². The molecule has 0 bridgehead atoms. The predicted molar refractivity (Wildman–Crippen MR) is 171 cm³/mol. The van der Waals surface area contributed by atoms with E-state index in [1.54, 1.807) is 12.3 Å². The summed E-state index contributed by atoms with van der Waals surface area (Å²) in [4.78, 5) is 26.1. The molecule has 9 heteroatoms. The van der Waals surface area contributed by atoms with E-state index in [1.165, 1.54) is 23.2 Å². The quantitative estimate of drug-likeness (QED) is 0.188. The molecule has 0 atom stereocenters. The van der Waals surface area contributed by atoms with Crippen LogP contribution in [0.25, 0.3) is 28.2 Å². The highest BCUT2D eigenvalue weighted by molar-refractivity contribution is 6.02. The number of carbonyl (C=O) groups excluding carboxylic acids is 1. The maximum absolute atomic E-state index is 12.3. The fraction of sp³-hybridized carbons (Fsp3) is 0.273. The summed E-state index contributed by atoms with van der Waals surface area (Å²) in [5, 5.41) is 16.7. The Morgan fingerprint density at radius 3 is 2.81 bits per heavy atom. The van der Waals surface area contributed by atoms with E-state index in [1.807, 2.05) is 40.2 Å². The highest BCUT2D eigenvalue weighted by Gasteiger charge is 2.20. The smallest absolute Gasteiger partial charge is 0.247 e. The number of amides is 1. The molecule has 2 aromatic carbocycles. The van der Waals surface area contributed by atoms with Crippen molar-refractivity contribution >= 4 is 45.9 Å². The first-order chi connectivity index (χ1) is 20.3. The fourth-order valence-electron chi connectivity index (χ4n) is 5.38. The Hall–Kier alpha value is -4.94. The molecule has 5 rings (SSSR count). The van der Waals surface area contributed by atoms with Gasteiger partial charge in [-0.25, -0.2) is 9.97 Å². The minimum Gasteiger partial charge on any atom is -0.372 e. The summed E-state index contributed by atoms with van der Waals surface area (Å²) in [6, 6.07) is 12.5. The van der Waals surface area contributed by atoms with Crippen LogP contribution in [0.2, 0.25) is 0 Å². The van der Waals surface area contributed by atoms with Crippen LogP contribution < -0.4 is 15.5 Å². The van der Waals surface area contributed by atoms with Crippen LogP contribution in [-0.2, 0) is 17.8 Å². The van der Waals surface area contributed by atoms with Crippen LogP contribution in [0, 0.1) is 18.3 Å². The minimum absolute atomic E-state index is 0.285. The van der Waals surface area contributed by atoms with Crippen LogP contribution in [0.5, 0.6) is 0 Å². The molecule has 214 valence electrons. The van der Waals surface area contributed by atoms with Gasteiger partial charge in [-0.2, -0.15) is 5.26 Å². The molecule has 0 saturated carbocycles. The topological polar surface area (TPSA) is 102 Å². The summed E-state index contributed by atoms with van der Waals surface area (Å²) in [5.74, 6) is 0.135. The van der Waals surface area contributed by atoms with E-state index in [0.717, 1.165) is 71.6 Å². The van der Waals surface area contributed by atoms with Crippen molar-refractivity contribution in [1.29, 1.82) is 5.26 Å². The highest BCUT2D eigenvalue weighted by Crippen LogP contribution is 2.37. The van der Waals surface area contributed by atoms with E-state index in [4.69, 9.17) is 4.98 Å². The number of anilines is 4. The number of nitriles is 1. The zero-order valence-electron chi connectivity index (χ0n) is 24.6. The molecule has 4 aromatic rings. The van der Waals surface area contributed by atoms with Gasteiger partial charge in [-0.1, -0.05) is 24.8 Å². The number of rotatable bonds is 10. The van der Waals surface area contributed by atoms with Crippen molar-refractivity contribution in [3.8, 4) is 17.3 Å². The number of hydrogen-bond acceptors (Lipinski definition) is 7. The molecule has 0 radical (unpaired) electrons. The third kappa shape index (κ3) is 5.90. The molecule has 0 saturated heterocycles.